The van der Waals surface area contributed by atoms with Gasteiger partial charge in [0.05, 0.1) is 11.1 Å². The number of carboxylic acids is 1. The van der Waals surface area contributed by atoms with Crippen LogP contribution in [0.25, 0.3) is 10.8 Å². The Morgan fingerprint density at radius 3 is 2.86 bits per heavy atom. The highest BCUT2D eigenvalue weighted by Gasteiger charge is 2.32. The molecular formula is C17H19NO2S. The van der Waals surface area contributed by atoms with E-state index in [1.165, 1.54) is 33.7 Å². The third kappa shape index (κ3) is 2.92. The molecule has 2 aromatic carbocycles. The van der Waals surface area contributed by atoms with Crippen LogP contribution in [-0.4, -0.2) is 22.4 Å². The van der Waals surface area contributed by atoms with Crippen LogP contribution >= 0.6 is 11.8 Å². The Morgan fingerprint density at radius 1 is 1.33 bits per heavy atom. The van der Waals surface area contributed by atoms with Crippen LogP contribution < -0.4 is 5.32 Å². The molecule has 0 aliphatic carbocycles. The SMILES string of the molecule is CC1(C)Cc2c(ccc3ccccc23)C(SCC(=O)O)N1. The van der Waals surface area contributed by atoms with Gasteiger partial charge in [0.2, 0.25) is 0 Å². The van der Waals surface area contributed by atoms with Gasteiger partial charge in [-0.15, -0.1) is 11.8 Å². The molecule has 2 aromatic rings. The van der Waals surface area contributed by atoms with Gasteiger partial charge in [0.1, 0.15) is 0 Å². The highest BCUT2D eigenvalue weighted by Crippen LogP contribution is 2.39. The highest BCUT2D eigenvalue weighted by molar-refractivity contribution is 8.00. The second-order valence-electron chi connectivity index (χ2n) is 6.14. The number of carboxylic acid groups (broad SMARTS) is 1. The summed E-state index contributed by atoms with van der Waals surface area (Å²) in [5.74, 6) is -0.660. The van der Waals surface area contributed by atoms with Crippen molar-refractivity contribution >= 4 is 28.5 Å². The maximum atomic E-state index is 10.9. The molecule has 21 heavy (non-hydrogen) atoms. The average molecular weight is 301 g/mol. The van der Waals surface area contributed by atoms with Crippen LogP contribution in [0.5, 0.6) is 0 Å². The first-order chi connectivity index (χ1) is 9.96. The van der Waals surface area contributed by atoms with E-state index in [9.17, 15) is 4.79 Å². The molecule has 3 rings (SSSR count). The lowest BCUT2D eigenvalue weighted by molar-refractivity contribution is -0.133. The van der Waals surface area contributed by atoms with Gasteiger partial charge >= 0.3 is 5.97 Å². The van der Waals surface area contributed by atoms with E-state index in [-0.39, 0.29) is 16.7 Å². The molecule has 0 amide bonds. The fourth-order valence-electron chi connectivity index (χ4n) is 3.01. The number of rotatable bonds is 3. The van der Waals surface area contributed by atoms with Crippen LogP contribution in [0.1, 0.15) is 30.3 Å². The summed E-state index contributed by atoms with van der Waals surface area (Å²) >= 11 is 1.45. The molecule has 4 heteroatoms. The average Bonchev–Trinajstić information content (AvgIpc) is 2.43. The quantitative estimate of drug-likeness (QED) is 0.910. The van der Waals surface area contributed by atoms with Gasteiger partial charge in [-0.2, -0.15) is 0 Å². The molecule has 1 aliphatic heterocycles. The van der Waals surface area contributed by atoms with Gasteiger partial charge in [-0.25, -0.2) is 0 Å². The molecule has 1 aliphatic rings. The van der Waals surface area contributed by atoms with Gasteiger partial charge in [-0.3, -0.25) is 10.1 Å². The molecule has 3 nitrogen and oxygen atoms in total. The normalized spacial score (nSPS) is 20.2. The second-order valence-corrected chi connectivity index (χ2v) is 7.24. The molecule has 2 N–H and O–H groups in total. The van der Waals surface area contributed by atoms with Crippen molar-refractivity contribution in [2.75, 3.05) is 5.75 Å². The first-order valence-electron chi connectivity index (χ1n) is 7.08. The summed E-state index contributed by atoms with van der Waals surface area (Å²) in [6.07, 6.45) is 0.952. The molecule has 110 valence electrons. The summed E-state index contributed by atoms with van der Waals surface area (Å²) in [4.78, 5) is 10.9. The Labute approximate surface area is 128 Å². The van der Waals surface area contributed by atoms with Crippen molar-refractivity contribution < 1.29 is 9.90 Å². The number of benzene rings is 2. The summed E-state index contributed by atoms with van der Waals surface area (Å²) in [5.41, 5.74) is 2.53. The molecule has 1 unspecified atom stereocenters. The van der Waals surface area contributed by atoms with E-state index in [1.54, 1.807) is 0 Å². The summed E-state index contributed by atoms with van der Waals surface area (Å²) in [6, 6.07) is 12.7. The van der Waals surface area contributed by atoms with Crippen molar-refractivity contribution in [2.24, 2.45) is 0 Å². The van der Waals surface area contributed by atoms with Crippen LogP contribution in [-0.2, 0) is 11.2 Å². The summed E-state index contributed by atoms with van der Waals surface area (Å²) < 4.78 is 0. The van der Waals surface area contributed by atoms with Crippen molar-refractivity contribution in [3.8, 4) is 0 Å². The Morgan fingerprint density at radius 2 is 2.10 bits per heavy atom. The smallest absolute Gasteiger partial charge is 0.313 e. The van der Waals surface area contributed by atoms with E-state index in [2.05, 4.69) is 55.6 Å². The van der Waals surface area contributed by atoms with Crippen LogP contribution in [0.15, 0.2) is 36.4 Å². The zero-order valence-electron chi connectivity index (χ0n) is 12.2. The third-order valence-corrected chi connectivity index (χ3v) is 4.99. The molecule has 0 spiro atoms. The predicted molar refractivity (Wildman–Crippen MR) is 87.7 cm³/mol. The lowest BCUT2D eigenvalue weighted by Gasteiger charge is -2.39. The first-order valence-corrected chi connectivity index (χ1v) is 8.13. The van der Waals surface area contributed by atoms with Gasteiger partial charge in [0.25, 0.3) is 0 Å². The van der Waals surface area contributed by atoms with Crippen LogP contribution in [0.4, 0.5) is 0 Å². The second kappa shape index (κ2) is 5.35. The van der Waals surface area contributed by atoms with Crippen molar-refractivity contribution in [2.45, 2.75) is 31.2 Å². The minimum absolute atomic E-state index is 0.0319. The number of hydrogen-bond donors (Lipinski definition) is 2. The van der Waals surface area contributed by atoms with E-state index in [0.29, 0.717) is 0 Å². The van der Waals surface area contributed by atoms with Crippen molar-refractivity contribution in [1.29, 1.82) is 0 Å². The summed E-state index contributed by atoms with van der Waals surface area (Å²) in [5, 5.41) is 15.1. The van der Waals surface area contributed by atoms with Crippen molar-refractivity contribution in [3.05, 3.63) is 47.5 Å². The number of nitrogens with one attached hydrogen (secondary N) is 1. The minimum Gasteiger partial charge on any atom is -0.481 e. The molecule has 0 aromatic heterocycles. The largest absolute Gasteiger partial charge is 0.481 e. The molecular weight excluding hydrogens is 282 g/mol. The van der Waals surface area contributed by atoms with Gasteiger partial charge in [-0.1, -0.05) is 36.4 Å². The van der Waals surface area contributed by atoms with Gasteiger partial charge in [0, 0.05) is 5.54 Å². The number of thioether (sulfide) groups is 1. The maximum absolute atomic E-state index is 10.9. The number of hydrogen-bond acceptors (Lipinski definition) is 3. The zero-order valence-corrected chi connectivity index (χ0v) is 13.0. The van der Waals surface area contributed by atoms with E-state index >= 15 is 0 Å². The molecule has 0 fully saturated rings. The molecule has 0 saturated carbocycles. The molecule has 1 heterocycles. The Kier molecular flexibility index (Phi) is 3.68. The summed E-state index contributed by atoms with van der Waals surface area (Å²) in [6.45, 7) is 4.35. The third-order valence-electron chi connectivity index (χ3n) is 3.87. The summed E-state index contributed by atoms with van der Waals surface area (Å²) in [7, 11) is 0. The minimum atomic E-state index is -0.771. The molecule has 0 radical (unpaired) electrons. The number of fused-ring (bicyclic) bond motifs is 3. The van der Waals surface area contributed by atoms with E-state index in [1.807, 2.05) is 0 Å². The van der Waals surface area contributed by atoms with Crippen LogP contribution in [0.2, 0.25) is 0 Å². The first kappa shape index (κ1) is 14.4. The lowest BCUT2D eigenvalue weighted by Crippen LogP contribution is -2.46. The standard InChI is InChI=1S/C17H19NO2S/c1-17(2)9-14-12-6-4-3-5-11(12)7-8-13(14)16(18-17)21-10-15(19)20/h3-8,16,18H,9-10H2,1-2H3,(H,19,20). The number of aliphatic carboxylic acids is 1. The van der Waals surface area contributed by atoms with Crippen LogP contribution in [0.3, 0.4) is 0 Å². The lowest BCUT2D eigenvalue weighted by atomic mass is 9.84. The molecule has 1 atom stereocenters. The van der Waals surface area contributed by atoms with E-state index in [0.717, 1.165) is 6.42 Å². The zero-order chi connectivity index (χ0) is 15.0. The maximum Gasteiger partial charge on any atom is 0.313 e. The monoisotopic (exact) mass is 301 g/mol. The molecule has 0 saturated heterocycles. The Hall–Kier alpha value is -1.52. The van der Waals surface area contributed by atoms with Gasteiger partial charge in [0.15, 0.2) is 0 Å². The fraction of sp³-hybridized carbons (Fsp3) is 0.353. The molecule has 0 bridgehead atoms. The van der Waals surface area contributed by atoms with E-state index in [4.69, 9.17) is 5.11 Å². The highest BCUT2D eigenvalue weighted by atomic mass is 32.2. The van der Waals surface area contributed by atoms with Gasteiger partial charge < -0.3 is 5.11 Å². The van der Waals surface area contributed by atoms with E-state index < -0.39 is 5.97 Å². The van der Waals surface area contributed by atoms with Crippen LogP contribution in [0, 0.1) is 0 Å². The Bertz CT molecular complexity index is 696. The topological polar surface area (TPSA) is 49.3 Å². The predicted octanol–water partition coefficient (Wildman–Crippen LogP) is 3.58. The van der Waals surface area contributed by atoms with Crippen molar-refractivity contribution in [1.82, 2.24) is 5.32 Å². The number of carbonyl (C=O) groups is 1. The van der Waals surface area contributed by atoms with Gasteiger partial charge in [-0.05, 0) is 42.2 Å². The fourth-order valence-corrected chi connectivity index (χ4v) is 4.12. The Balaban J connectivity index is 2.08. The van der Waals surface area contributed by atoms with Crippen molar-refractivity contribution in [3.63, 3.8) is 0 Å².